The standard InChI is InChI=1S/C8H5F4I/c9-7-3-6(8(10,11)12)2-1-5(7)4-13/h1-3H,4H2. The second-order valence-electron chi connectivity index (χ2n) is 2.44. The van der Waals surface area contributed by atoms with E-state index in [0.29, 0.717) is 10.5 Å². The van der Waals surface area contributed by atoms with E-state index in [0.717, 1.165) is 12.1 Å². The van der Waals surface area contributed by atoms with E-state index in [-0.39, 0.29) is 5.56 Å². The van der Waals surface area contributed by atoms with Crippen molar-refractivity contribution < 1.29 is 17.6 Å². The van der Waals surface area contributed by atoms with Crippen molar-refractivity contribution in [3.05, 3.63) is 35.1 Å². The third-order valence-electron chi connectivity index (χ3n) is 1.52. The topological polar surface area (TPSA) is 0 Å². The van der Waals surface area contributed by atoms with Gasteiger partial charge in [-0.2, -0.15) is 13.2 Å². The van der Waals surface area contributed by atoms with Crippen LogP contribution in [0.25, 0.3) is 0 Å². The number of benzene rings is 1. The minimum absolute atomic E-state index is 0.286. The molecule has 5 heteroatoms. The summed E-state index contributed by atoms with van der Waals surface area (Å²) in [6, 6.07) is 2.57. The lowest BCUT2D eigenvalue weighted by molar-refractivity contribution is -0.137. The number of hydrogen-bond acceptors (Lipinski definition) is 0. The summed E-state index contributed by atoms with van der Waals surface area (Å²) < 4.78 is 49.3. The minimum Gasteiger partial charge on any atom is -0.207 e. The zero-order chi connectivity index (χ0) is 10.1. The van der Waals surface area contributed by atoms with Gasteiger partial charge in [0.15, 0.2) is 0 Å². The second kappa shape index (κ2) is 3.81. The van der Waals surface area contributed by atoms with Gasteiger partial charge in [-0.15, -0.1) is 0 Å². The highest BCUT2D eigenvalue weighted by Gasteiger charge is 2.30. The predicted molar refractivity (Wildman–Crippen MR) is 49.1 cm³/mol. The van der Waals surface area contributed by atoms with E-state index in [2.05, 4.69) is 0 Å². The van der Waals surface area contributed by atoms with Gasteiger partial charge in [-0.3, -0.25) is 0 Å². The molecular weight excluding hydrogens is 299 g/mol. The van der Waals surface area contributed by atoms with Crippen molar-refractivity contribution in [2.45, 2.75) is 10.6 Å². The fourth-order valence-electron chi connectivity index (χ4n) is 0.832. The molecule has 1 rings (SSSR count). The van der Waals surface area contributed by atoms with Gasteiger partial charge in [-0.05, 0) is 17.7 Å². The first-order chi connectivity index (χ1) is 5.95. The van der Waals surface area contributed by atoms with E-state index in [9.17, 15) is 17.6 Å². The van der Waals surface area contributed by atoms with Crippen molar-refractivity contribution >= 4 is 22.6 Å². The van der Waals surface area contributed by atoms with Gasteiger partial charge in [0.1, 0.15) is 5.82 Å². The molecule has 0 fully saturated rings. The molecule has 0 heterocycles. The molecule has 0 aliphatic carbocycles. The van der Waals surface area contributed by atoms with Gasteiger partial charge in [0.05, 0.1) is 5.56 Å². The first-order valence-corrected chi connectivity index (χ1v) is 4.89. The molecule has 72 valence electrons. The molecule has 0 aliphatic rings. The van der Waals surface area contributed by atoms with E-state index in [1.165, 1.54) is 0 Å². The molecular formula is C8H5F4I. The van der Waals surface area contributed by atoms with Crippen molar-refractivity contribution in [3.8, 4) is 0 Å². The second-order valence-corrected chi connectivity index (χ2v) is 3.20. The molecule has 0 radical (unpaired) electrons. The Morgan fingerprint density at radius 3 is 2.23 bits per heavy atom. The Labute approximate surface area is 86.1 Å². The average molecular weight is 304 g/mol. The van der Waals surface area contributed by atoms with Crippen molar-refractivity contribution in [3.63, 3.8) is 0 Å². The van der Waals surface area contributed by atoms with Crippen LogP contribution in [0, 0.1) is 5.82 Å². The van der Waals surface area contributed by atoms with Gasteiger partial charge < -0.3 is 0 Å². The van der Waals surface area contributed by atoms with Crippen LogP contribution in [-0.2, 0) is 10.6 Å². The molecule has 0 amide bonds. The zero-order valence-electron chi connectivity index (χ0n) is 6.33. The fraction of sp³-hybridized carbons (Fsp3) is 0.250. The number of hydrogen-bond donors (Lipinski definition) is 0. The van der Waals surface area contributed by atoms with E-state index in [1.807, 2.05) is 22.6 Å². The number of alkyl halides is 4. The van der Waals surface area contributed by atoms with Crippen molar-refractivity contribution in [2.24, 2.45) is 0 Å². The van der Waals surface area contributed by atoms with Gasteiger partial charge in [0.25, 0.3) is 0 Å². The quantitative estimate of drug-likeness (QED) is 0.421. The minimum atomic E-state index is -4.47. The Morgan fingerprint density at radius 2 is 1.85 bits per heavy atom. The smallest absolute Gasteiger partial charge is 0.207 e. The Morgan fingerprint density at radius 1 is 1.23 bits per heavy atom. The van der Waals surface area contributed by atoms with Gasteiger partial charge in [-0.25, -0.2) is 4.39 Å². The lowest BCUT2D eigenvalue weighted by Crippen LogP contribution is -2.05. The highest BCUT2D eigenvalue weighted by Crippen LogP contribution is 2.30. The molecule has 0 nitrogen and oxygen atoms in total. The summed E-state index contributed by atoms with van der Waals surface area (Å²) in [7, 11) is 0. The highest BCUT2D eigenvalue weighted by atomic mass is 127. The summed E-state index contributed by atoms with van der Waals surface area (Å²) >= 11 is 1.89. The molecule has 0 bridgehead atoms. The van der Waals surface area contributed by atoms with Crippen LogP contribution in [-0.4, -0.2) is 0 Å². The van der Waals surface area contributed by atoms with Crippen LogP contribution in [0.5, 0.6) is 0 Å². The van der Waals surface area contributed by atoms with E-state index in [1.54, 1.807) is 0 Å². The van der Waals surface area contributed by atoms with Crippen LogP contribution in [0.15, 0.2) is 18.2 Å². The third-order valence-corrected chi connectivity index (χ3v) is 2.35. The van der Waals surface area contributed by atoms with Crippen LogP contribution in [0.4, 0.5) is 17.6 Å². The highest BCUT2D eigenvalue weighted by molar-refractivity contribution is 14.1. The van der Waals surface area contributed by atoms with Crippen LogP contribution >= 0.6 is 22.6 Å². The van der Waals surface area contributed by atoms with Crippen molar-refractivity contribution in [1.29, 1.82) is 0 Å². The molecule has 0 aromatic heterocycles. The molecule has 0 atom stereocenters. The molecule has 0 N–H and O–H groups in total. The maximum absolute atomic E-state index is 12.9. The maximum Gasteiger partial charge on any atom is 0.416 e. The van der Waals surface area contributed by atoms with Crippen molar-refractivity contribution in [1.82, 2.24) is 0 Å². The summed E-state index contributed by atoms with van der Waals surface area (Å²) in [6.45, 7) is 0. The van der Waals surface area contributed by atoms with Crippen LogP contribution in [0.3, 0.4) is 0 Å². The molecule has 0 spiro atoms. The normalized spacial score (nSPS) is 11.8. The summed E-state index contributed by atoms with van der Waals surface area (Å²) in [6.07, 6.45) is -4.47. The molecule has 1 aromatic rings. The number of halogens is 5. The number of rotatable bonds is 1. The summed E-state index contributed by atoms with van der Waals surface area (Å²) in [4.78, 5) is 0. The average Bonchev–Trinajstić information content (AvgIpc) is 2.02. The summed E-state index contributed by atoms with van der Waals surface area (Å²) in [5, 5.41) is 0. The van der Waals surface area contributed by atoms with Gasteiger partial charge >= 0.3 is 6.18 Å². The monoisotopic (exact) mass is 304 g/mol. The summed E-state index contributed by atoms with van der Waals surface area (Å²) in [5.74, 6) is -0.802. The SMILES string of the molecule is Fc1cc(C(F)(F)F)ccc1CI. The Hall–Kier alpha value is -0.330. The Balaban J connectivity index is 3.10. The van der Waals surface area contributed by atoms with Gasteiger partial charge in [0, 0.05) is 4.43 Å². The zero-order valence-corrected chi connectivity index (χ0v) is 8.49. The van der Waals surface area contributed by atoms with E-state index in [4.69, 9.17) is 0 Å². The predicted octanol–water partition coefficient (Wildman–Crippen LogP) is 3.78. The first-order valence-electron chi connectivity index (χ1n) is 3.36. The first kappa shape index (κ1) is 10.7. The van der Waals surface area contributed by atoms with Crippen molar-refractivity contribution in [2.75, 3.05) is 0 Å². The third kappa shape index (κ3) is 2.55. The molecule has 0 saturated heterocycles. The van der Waals surface area contributed by atoms with Crippen LogP contribution < -0.4 is 0 Å². The molecule has 0 aliphatic heterocycles. The molecule has 0 unspecified atom stereocenters. The lowest BCUT2D eigenvalue weighted by Gasteiger charge is -2.07. The Kier molecular flexibility index (Phi) is 3.15. The molecule has 13 heavy (non-hydrogen) atoms. The van der Waals surface area contributed by atoms with Crippen LogP contribution in [0.1, 0.15) is 11.1 Å². The van der Waals surface area contributed by atoms with Gasteiger partial charge in [-0.1, -0.05) is 28.7 Å². The largest absolute Gasteiger partial charge is 0.416 e. The summed E-state index contributed by atoms with van der Waals surface area (Å²) in [5.41, 5.74) is -0.660. The van der Waals surface area contributed by atoms with Gasteiger partial charge in [0.2, 0.25) is 0 Å². The maximum atomic E-state index is 12.9. The molecule has 1 aromatic carbocycles. The van der Waals surface area contributed by atoms with E-state index < -0.39 is 17.6 Å². The van der Waals surface area contributed by atoms with E-state index >= 15 is 0 Å². The molecule has 0 saturated carbocycles. The Bertz CT molecular complexity index is 306. The van der Waals surface area contributed by atoms with Crippen LogP contribution in [0.2, 0.25) is 0 Å². The lowest BCUT2D eigenvalue weighted by atomic mass is 10.1. The fourth-order valence-corrected chi connectivity index (χ4v) is 1.45.